The van der Waals surface area contributed by atoms with E-state index in [1.807, 2.05) is 26.1 Å². The first-order valence-corrected chi connectivity index (χ1v) is 21.8. The van der Waals surface area contributed by atoms with Gasteiger partial charge in [-0.2, -0.15) is 0 Å². The Labute approximate surface area is 332 Å². The van der Waals surface area contributed by atoms with Crippen LogP contribution in [0.15, 0.2) is 35.5 Å². The van der Waals surface area contributed by atoms with Gasteiger partial charge in [0.2, 0.25) is 0 Å². The highest BCUT2D eigenvalue weighted by Gasteiger charge is 2.66. The van der Waals surface area contributed by atoms with Crippen LogP contribution in [0.25, 0.3) is 0 Å². The molecule has 0 aromatic carbocycles. The van der Waals surface area contributed by atoms with Gasteiger partial charge >= 0.3 is 5.97 Å². The van der Waals surface area contributed by atoms with Gasteiger partial charge in [-0.05, 0) is 122 Å². The lowest BCUT2D eigenvalue weighted by atomic mass is 9.36. The number of ether oxygens (including phenoxy) is 2. The Hall–Kier alpha value is -2.42. The van der Waals surface area contributed by atoms with Gasteiger partial charge in [-0.1, -0.05) is 67.0 Å². The fourth-order valence-corrected chi connectivity index (χ4v) is 13.4. The third-order valence-electron chi connectivity index (χ3n) is 16.0. The van der Waals surface area contributed by atoms with Crippen LogP contribution in [0.5, 0.6) is 0 Å². The Morgan fingerprint density at radius 2 is 1.76 bits per heavy atom. The third-order valence-corrected chi connectivity index (χ3v) is 16.0. The summed E-state index contributed by atoms with van der Waals surface area (Å²) in [4.78, 5) is 46.1. The first-order chi connectivity index (χ1) is 26.0. The molecule has 0 spiro atoms. The Morgan fingerprint density at radius 3 is 2.45 bits per heavy atom. The van der Waals surface area contributed by atoms with Gasteiger partial charge in [-0.3, -0.25) is 19.5 Å². The predicted octanol–water partition coefficient (Wildman–Crippen LogP) is 8.63. The van der Waals surface area contributed by atoms with Crippen molar-refractivity contribution in [3.05, 3.63) is 41.2 Å². The number of aldehydes is 1. The summed E-state index contributed by atoms with van der Waals surface area (Å²) >= 11 is 0. The van der Waals surface area contributed by atoms with E-state index in [-0.39, 0.29) is 46.1 Å². The molecule has 8 atom stereocenters. The first kappa shape index (κ1) is 42.2. The fraction of sp³-hybridized carbons (Fsp3) is 0.787. The number of aromatic nitrogens is 1. The minimum absolute atomic E-state index is 0.0453. The van der Waals surface area contributed by atoms with Crippen molar-refractivity contribution in [2.75, 3.05) is 39.9 Å². The number of Topliss-reactive ketones (excluding diaryl/α,β-unsaturated/α-hetero) is 1. The largest absolute Gasteiger partial charge is 0.462 e. The van der Waals surface area contributed by atoms with E-state index in [4.69, 9.17) is 9.47 Å². The summed E-state index contributed by atoms with van der Waals surface area (Å²) in [5, 5.41) is 3.55. The molecule has 0 saturated heterocycles. The van der Waals surface area contributed by atoms with Crippen LogP contribution in [0.2, 0.25) is 0 Å². The van der Waals surface area contributed by atoms with Crippen molar-refractivity contribution in [3.63, 3.8) is 0 Å². The maximum absolute atomic E-state index is 14.2. The number of hydrogen-bond acceptors (Lipinski definition) is 8. The highest BCUT2D eigenvalue weighted by molar-refractivity contribution is 6.00. The molecule has 1 aromatic heterocycles. The van der Waals surface area contributed by atoms with Gasteiger partial charge < -0.3 is 19.6 Å². The Kier molecular flexibility index (Phi) is 12.6. The van der Waals surface area contributed by atoms with Crippen LogP contribution in [-0.4, -0.2) is 73.9 Å². The number of esters is 1. The van der Waals surface area contributed by atoms with E-state index in [0.29, 0.717) is 42.5 Å². The summed E-state index contributed by atoms with van der Waals surface area (Å²) in [6, 6.07) is 6.19. The summed E-state index contributed by atoms with van der Waals surface area (Å²) in [5.74, 6) is 2.55. The number of methoxy groups -OCH3 is 1. The van der Waals surface area contributed by atoms with Crippen molar-refractivity contribution >= 4 is 18.0 Å². The number of allylic oxidation sites excluding steroid dienone is 2. The van der Waals surface area contributed by atoms with E-state index in [9.17, 15) is 14.4 Å². The second-order valence-corrected chi connectivity index (χ2v) is 20.6. The van der Waals surface area contributed by atoms with Crippen molar-refractivity contribution in [2.45, 2.75) is 139 Å². The Balaban J connectivity index is 1.22. The lowest BCUT2D eigenvalue weighted by Crippen LogP contribution is -2.63. The maximum Gasteiger partial charge on any atom is 0.307 e. The SMILES string of the molecule is COCCNCCN(CCC12CCC3C(CCC4C3(C)CCC3C(C)(C)C(OC(=O)CC(C)(C)C=O)CCC34C)C1=C(C(C)C)C(=O)C2)Cc1ccccn1. The van der Waals surface area contributed by atoms with Crippen LogP contribution in [0.3, 0.4) is 0 Å². The molecule has 8 unspecified atom stereocenters. The van der Waals surface area contributed by atoms with Gasteiger partial charge in [0, 0.05) is 62.2 Å². The van der Waals surface area contributed by atoms with Crippen molar-refractivity contribution in [1.82, 2.24) is 15.2 Å². The molecule has 0 amide bonds. The summed E-state index contributed by atoms with van der Waals surface area (Å²) in [6.07, 6.45) is 13.5. The topological polar surface area (TPSA) is 97.8 Å². The normalized spacial score (nSPS) is 34.2. The summed E-state index contributed by atoms with van der Waals surface area (Å²) in [7, 11) is 1.74. The zero-order chi connectivity index (χ0) is 39.8. The van der Waals surface area contributed by atoms with Gasteiger partial charge in [0.25, 0.3) is 0 Å². The van der Waals surface area contributed by atoms with E-state index < -0.39 is 5.41 Å². The van der Waals surface area contributed by atoms with Crippen molar-refractivity contribution < 1.29 is 23.9 Å². The molecule has 0 radical (unpaired) electrons. The number of rotatable bonds is 16. The van der Waals surface area contributed by atoms with E-state index in [1.54, 1.807) is 12.7 Å². The average molecular weight is 760 g/mol. The molecular formula is C47H73N3O5. The number of hydrogen-bond donors (Lipinski definition) is 1. The molecule has 8 nitrogen and oxygen atoms in total. The van der Waals surface area contributed by atoms with Crippen LogP contribution < -0.4 is 5.32 Å². The monoisotopic (exact) mass is 760 g/mol. The molecule has 0 bridgehead atoms. The quantitative estimate of drug-likeness (QED) is 0.102. The van der Waals surface area contributed by atoms with E-state index in [0.717, 1.165) is 76.8 Å². The number of pyridine rings is 1. The second-order valence-electron chi connectivity index (χ2n) is 20.6. The molecule has 5 aliphatic rings. The van der Waals surface area contributed by atoms with Crippen molar-refractivity contribution in [1.29, 1.82) is 0 Å². The maximum atomic E-state index is 14.2. The third kappa shape index (κ3) is 8.17. The molecule has 1 N–H and O–H groups in total. The molecule has 306 valence electrons. The number of nitrogens with one attached hydrogen (secondary N) is 1. The minimum Gasteiger partial charge on any atom is -0.462 e. The van der Waals surface area contributed by atoms with Gasteiger partial charge in [-0.25, -0.2) is 0 Å². The molecule has 4 saturated carbocycles. The predicted molar refractivity (Wildman–Crippen MR) is 218 cm³/mol. The van der Waals surface area contributed by atoms with Gasteiger partial charge in [0.05, 0.1) is 18.7 Å². The summed E-state index contributed by atoms with van der Waals surface area (Å²) in [5.41, 5.74) is 3.34. The zero-order valence-electron chi connectivity index (χ0n) is 35.8. The van der Waals surface area contributed by atoms with E-state index in [1.165, 1.54) is 31.3 Å². The van der Waals surface area contributed by atoms with Gasteiger partial charge in [0.1, 0.15) is 12.4 Å². The standard InChI is InChI=1S/C47H73N3O5/c1-32(2)41-36(52)28-47(21-25-50(26-23-48-24-27-54-9)30-33-12-10-11-22-49-33)20-15-35-34(42(41)47)13-14-38-45(35,7)18-16-37-44(5,6)39(17-19-46(37,38)8)55-40(53)29-43(3,4)31-51/h10-12,22,31-32,34-35,37-39,48H,13-21,23-30H2,1-9H3. The summed E-state index contributed by atoms with van der Waals surface area (Å²) in [6.45, 7) is 23.2. The summed E-state index contributed by atoms with van der Waals surface area (Å²) < 4.78 is 11.5. The lowest BCUT2D eigenvalue weighted by molar-refractivity contribution is -0.213. The molecule has 1 heterocycles. The smallest absolute Gasteiger partial charge is 0.307 e. The van der Waals surface area contributed by atoms with Crippen LogP contribution >= 0.6 is 0 Å². The Bertz CT molecular complexity index is 1570. The highest BCUT2D eigenvalue weighted by Crippen LogP contribution is 2.73. The second kappa shape index (κ2) is 16.4. The van der Waals surface area contributed by atoms with Gasteiger partial charge in [0.15, 0.2) is 5.78 Å². The van der Waals surface area contributed by atoms with Crippen LogP contribution in [0.4, 0.5) is 0 Å². The first-order valence-electron chi connectivity index (χ1n) is 21.8. The molecular weight excluding hydrogens is 687 g/mol. The fourth-order valence-electron chi connectivity index (χ4n) is 13.4. The lowest BCUT2D eigenvalue weighted by Gasteiger charge is -2.69. The zero-order valence-corrected chi connectivity index (χ0v) is 35.8. The molecule has 4 fully saturated rings. The number of carbonyl (C=O) groups is 3. The molecule has 55 heavy (non-hydrogen) atoms. The molecule has 5 aliphatic carbocycles. The minimum atomic E-state index is -0.706. The van der Waals surface area contributed by atoms with Crippen LogP contribution in [-0.2, 0) is 30.4 Å². The number of fused-ring (bicyclic) bond motifs is 7. The molecule has 0 aliphatic heterocycles. The van der Waals surface area contributed by atoms with E-state index in [2.05, 4.69) is 68.9 Å². The van der Waals surface area contributed by atoms with Crippen LogP contribution in [0.1, 0.15) is 132 Å². The highest BCUT2D eigenvalue weighted by atomic mass is 16.5. The van der Waals surface area contributed by atoms with Gasteiger partial charge in [-0.15, -0.1) is 0 Å². The molecule has 6 rings (SSSR count). The Morgan fingerprint density at radius 1 is 1.00 bits per heavy atom. The number of carbonyl (C=O) groups excluding carboxylic acids is 3. The number of ketones is 1. The molecule has 1 aromatic rings. The number of nitrogens with zero attached hydrogens (tertiary/aromatic N) is 2. The molecule has 8 heteroatoms. The van der Waals surface area contributed by atoms with Crippen molar-refractivity contribution in [2.24, 2.45) is 56.7 Å². The average Bonchev–Trinajstić information content (AvgIpc) is 3.44. The van der Waals surface area contributed by atoms with E-state index >= 15 is 0 Å². The van der Waals surface area contributed by atoms with Crippen LogP contribution in [0, 0.1) is 56.7 Å². The van der Waals surface area contributed by atoms with Crippen molar-refractivity contribution in [3.8, 4) is 0 Å².